The second-order valence-corrected chi connectivity index (χ2v) is 7.09. The molecule has 3 N–H and O–H groups in total. The Morgan fingerprint density at radius 3 is 2.85 bits per heavy atom. The predicted molar refractivity (Wildman–Crippen MR) is 109 cm³/mol. The molecule has 2 aliphatic rings. The summed E-state index contributed by atoms with van der Waals surface area (Å²) in [4.78, 5) is 13.3. The van der Waals surface area contributed by atoms with Crippen molar-refractivity contribution in [2.75, 3.05) is 18.4 Å². The first-order valence-electron chi connectivity index (χ1n) is 9.41. The van der Waals surface area contributed by atoms with Crippen LogP contribution in [0.1, 0.15) is 42.9 Å². The first-order valence-corrected chi connectivity index (χ1v) is 9.41. The van der Waals surface area contributed by atoms with Gasteiger partial charge in [0.1, 0.15) is 0 Å². The van der Waals surface area contributed by atoms with Crippen LogP contribution >= 0.6 is 0 Å². The number of carbonyl (C=O) groups is 1. The summed E-state index contributed by atoms with van der Waals surface area (Å²) in [6.07, 6.45) is 11.2. The Labute approximate surface area is 160 Å². The maximum atomic E-state index is 11.4. The number of nitrogens with zero attached hydrogens (tertiary/aromatic N) is 2. The van der Waals surface area contributed by atoms with Crippen LogP contribution in [0, 0.1) is 11.3 Å². The Bertz CT molecular complexity index is 854. The highest BCUT2D eigenvalue weighted by Gasteiger charge is 2.29. The van der Waals surface area contributed by atoms with Crippen molar-refractivity contribution in [3.8, 4) is 6.07 Å². The van der Waals surface area contributed by atoms with E-state index in [0.717, 1.165) is 37.2 Å². The van der Waals surface area contributed by atoms with E-state index in [2.05, 4.69) is 36.5 Å². The van der Waals surface area contributed by atoms with Crippen molar-refractivity contribution in [2.24, 2.45) is 5.73 Å². The van der Waals surface area contributed by atoms with Crippen molar-refractivity contribution >= 4 is 17.7 Å². The van der Waals surface area contributed by atoms with E-state index in [9.17, 15) is 10.1 Å². The van der Waals surface area contributed by atoms with Crippen molar-refractivity contribution in [2.45, 2.75) is 38.6 Å². The van der Waals surface area contributed by atoms with E-state index in [-0.39, 0.29) is 17.9 Å². The molecule has 1 aromatic rings. The van der Waals surface area contributed by atoms with Crippen LogP contribution < -0.4 is 11.1 Å². The molecule has 27 heavy (non-hydrogen) atoms. The molecule has 1 aliphatic heterocycles. The number of hydrogen-bond donors (Lipinski definition) is 2. The van der Waals surface area contributed by atoms with Crippen LogP contribution in [0.3, 0.4) is 0 Å². The van der Waals surface area contributed by atoms with Gasteiger partial charge in [-0.05, 0) is 54.0 Å². The molecule has 0 bridgehead atoms. The second kappa shape index (κ2) is 8.13. The highest BCUT2D eigenvalue weighted by Crippen LogP contribution is 2.34. The van der Waals surface area contributed by atoms with Crippen molar-refractivity contribution in [1.82, 2.24) is 4.90 Å². The third kappa shape index (κ3) is 4.06. The molecule has 140 valence electrons. The summed E-state index contributed by atoms with van der Waals surface area (Å²) < 4.78 is 0. The minimum Gasteiger partial charge on any atom is -0.405 e. The maximum absolute atomic E-state index is 11.4. The van der Waals surface area contributed by atoms with Gasteiger partial charge in [-0.25, -0.2) is 0 Å². The van der Waals surface area contributed by atoms with Crippen molar-refractivity contribution in [1.29, 1.82) is 5.26 Å². The fourth-order valence-corrected chi connectivity index (χ4v) is 3.74. The Hall–Kier alpha value is -3.00. The lowest BCUT2D eigenvalue weighted by Crippen LogP contribution is -2.56. The summed E-state index contributed by atoms with van der Waals surface area (Å²) in [5.74, 6) is 0.295. The molecular weight excluding hydrogens is 336 g/mol. The Morgan fingerprint density at radius 2 is 2.22 bits per heavy atom. The number of nitrogens with one attached hydrogen (secondary N) is 1. The molecule has 0 saturated carbocycles. The molecular formula is C22H26N4O. The van der Waals surface area contributed by atoms with Crippen LogP contribution in [0.25, 0.3) is 6.08 Å². The molecule has 1 unspecified atom stereocenters. The van der Waals surface area contributed by atoms with Crippen molar-refractivity contribution in [3.05, 3.63) is 58.8 Å². The van der Waals surface area contributed by atoms with Gasteiger partial charge in [0.2, 0.25) is 5.91 Å². The van der Waals surface area contributed by atoms with Gasteiger partial charge in [0.05, 0.1) is 12.1 Å². The van der Waals surface area contributed by atoms with Crippen LogP contribution in [0.4, 0.5) is 5.69 Å². The first kappa shape index (κ1) is 18.8. The van der Waals surface area contributed by atoms with Gasteiger partial charge in [-0.15, -0.1) is 0 Å². The van der Waals surface area contributed by atoms with Gasteiger partial charge in [0.25, 0.3) is 0 Å². The summed E-state index contributed by atoms with van der Waals surface area (Å²) in [5, 5.41) is 12.8. The molecule has 5 heteroatoms. The van der Waals surface area contributed by atoms with Crippen LogP contribution in [0.15, 0.2) is 42.1 Å². The summed E-state index contributed by atoms with van der Waals surface area (Å²) >= 11 is 0. The molecule has 0 radical (unpaired) electrons. The SMILES string of the molecule is CCc1c(/C=C\N)cc(C2C=C(C#N)C=CC2)cc1NC1CN(C(C)=O)C1. The lowest BCUT2D eigenvalue weighted by molar-refractivity contribution is -0.132. The summed E-state index contributed by atoms with van der Waals surface area (Å²) in [6, 6.07) is 6.86. The molecule has 0 aromatic heterocycles. The molecule has 1 heterocycles. The Kier molecular flexibility index (Phi) is 5.66. The first-order chi connectivity index (χ1) is 13.0. The fourth-order valence-electron chi connectivity index (χ4n) is 3.74. The number of amides is 1. The van der Waals surface area contributed by atoms with Crippen LogP contribution in [0.2, 0.25) is 0 Å². The predicted octanol–water partition coefficient (Wildman–Crippen LogP) is 3.31. The zero-order chi connectivity index (χ0) is 19.4. The Morgan fingerprint density at radius 1 is 1.44 bits per heavy atom. The van der Waals surface area contributed by atoms with Crippen molar-refractivity contribution in [3.63, 3.8) is 0 Å². The topological polar surface area (TPSA) is 82.2 Å². The van der Waals surface area contributed by atoms with Crippen molar-refractivity contribution < 1.29 is 4.79 Å². The molecule has 1 aliphatic carbocycles. The summed E-state index contributed by atoms with van der Waals surface area (Å²) in [6.45, 7) is 5.20. The highest BCUT2D eigenvalue weighted by molar-refractivity contribution is 5.75. The smallest absolute Gasteiger partial charge is 0.219 e. The average molecular weight is 362 g/mol. The highest BCUT2D eigenvalue weighted by atomic mass is 16.2. The lowest BCUT2D eigenvalue weighted by atomic mass is 9.86. The summed E-state index contributed by atoms with van der Waals surface area (Å²) in [5.41, 5.74) is 11.0. The van der Waals surface area contributed by atoms with Gasteiger partial charge >= 0.3 is 0 Å². The van der Waals surface area contributed by atoms with Crippen LogP contribution in [0.5, 0.6) is 0 Å². The average Bonchev–Trinajstić information content (AvgIpc) is 2.64. The van der Waals surface area contributed by atoms with E-state index >= 15 is 0 Å². The minimum atomic E-state index is 0.118. The molecule has 0 spiro atoms. The van der Waals surface area contributed by atoms with Gasteiger partial charge in [0, 0.05) is 37.2 Å². The lowest BCUT2D eigenvalue weighted by Gasteiger charge is -2.40. The molecule has 3 rings (SSSR count). The normalized spacial score (nSPS) is 19.5. The largest absolute Gasteiger partial charge is 0.405 e. The summed E-state index contributed by atoms with van der Waals surface area (Å²) in [7, 11) is 0. The van der Waals surface area contributed by atoms with Gasteiger partial charge < -0.3 is 16.0 Å². The number of nitrogens with two attached hydrogens (primary N) is 1. The standard InChI is InChI=1S/C22H26N4O/c1-3-21-18(7-8-23)10-19(17-6-4-5-16(9-17)12-24)11-22(21)25-20-13-26(14-20)15(2)27/h4-5,7-11,17,20,25H,3,6,13-14,23H2,1-2H3/b8-7-. The minimum absolute atomic E-state index is 0.118. The van der Waals surface area contributed by atoms with Gasteiger partial charge in [0.15, 0.2) is 0 Å². The van der Waals surface area contributed by atoms with E-state index in [1.54, 1.807) is 13.1 Å². The number of carbonyl (C=O) groups excluding carboxylic acids is 1. The number of allylic oxidation sites excluding steroid dienone is 4. The zero-order valence-corrected chi connectivity index (χ0v) is 15.9. The second-order valence-electron chi connectivity index (χ2n) is 7.09. The molecule has 1 aromatic carbocycles. The van der Waals surface area contributed by atoms with Crippen LogP contribution in [-0.2, 0) is 11.2 Å². The molecule has 5 nitrogen and oxygen atoms in total. The van der Waals surface area contributed by atoms with Gasteiger partial charge in [-0.3, -0.25) is 4.79 Å². The van der Waals surface area contributed by atoms with Gasteiger partial charge in [-0.2, -0.15) is 5.26 Å². The maximum Gasteiger partial charge on any atom is 0.219 e. The van der Waals surface area contributed by atoms with E-state index in [1.807, 2.05) is 23.1 Å². The molecule has 1 atom stereocenters. The van der Waals surface area contributed by atoms with E-state index in [1.165, 1.54) is 11.1 Å². The van der Waals surface area contributed by atoms with Crippen LogP contribution in [-0.4, -0.2) is 29.9 Å². The third-order valence-electron chi connectivity index (χ3n) is 5.25. The number of likely N-dealkylation sites (tertiary alicyclic amines) is 1. The van der Waals surface area contributed by atoms with E-state index < -0.39 is 0 Å². The number of benzene rings is 1. The van der Waals surface area contributed by atoms with E-state index in [4.69, 9.17) is 5.73 Å². The third-order valence-corrected chi connectivity index (χ3v) is 5.25. The monoisotopic (exact) mass is 362 g/mol. The number of hydrogen-bond acceptors (Lipinski definition) is 4. The van der Waals surface area contributed by atoms with Gasteiger partial charge in [-0.1, -0.05) is 25.1 Å². The number of anilines is 1. The zero-order valence-electron chi connectivity index (χ0n) is 15.9. The number of nitriles is 1. The molecule has 1 amide bonds. The quantitative estimate of drug-likeness (QED) is 0.842. The van der Waals surface area contributed by atoms with E-state index in [0.29, 0.717) is 5.57 Å². The Balaban J connectivity index is 1.92. The molecule has 1 fully saturated rings. The number of rotatable bonds is 5. The fraction of sp³-hybridized carbons (Fsp3) is 0.364. The molecule has 1 saturated heterocycles.